The molecule has 3 aromatic heterocycles. The van der Waals surface area contributed by atoms with Gasteiger partial charge in [0.1, 0.15) is 0 Å². The zero-order valence-corrected chi connectivity index (χ0v) is 33.9. The lowest BCUT2D eigenvalue weighted by molar-refractivity contribution is 0.338. The van der Waals surface area contributed by atoms with Crippen molar-refractivity contribution in [3.63, 3.8) is 0 Å². The van der Waals surface area contributed by atoms with Gasteiger partial charge in [-0.05, 0) is 104 Å². The molecular weight excluding hydrogens is 730 g/mol. The largest absolute Gasteiger partial charge is 0.307 e. The Balaban J connectivity index is 1.44. The molecule has 6 aromatic rings. The molecule has 0 aliphatic heterocycles. The van der Waals surface area contributed by atoms with Crippen LogP contribution in [0.3, 0.4) is 0 Å². The van der Waals surface area contributed by atoms with Crippen LogP contribution in [0.4, 0.5) is 17.1 Å². The van der Waals surface area contributed by atoms with E-state index in [-0.39, 0.29) is 21.7 Å². The first-order valence-electron chi connectivity index (χ1n) is 17.1. The molecule has 0 saturated heterocycles. The van der Waals surface area contributed by atoms with E-state index in [1.165, 1.54) is 76.4 Å². The van der Waals surface area contributed by atoms with Crippen molar-refractivity contribution in [2.45, 2.75) is 103 Å². The van der Waals surface area contributed by atoms with E-state index in [2.05, 4.69) is 142 Å². The third-order valence-electron chi connectivity index (χ3n) is 11.3. The van der Waals surface area contributed by atoms with E-state index in [1.807, 2.05) is 34.0 Å². The predicted molar refractivity (Wildman–Crippen MR) is 218 cm³/mol. The number of halogens is 2. The minimum absolute atomic E-state index is 0.0489. The standard InChI is InChI=1S/C42H43BrClNS3/c1-39(2)16-18-41(5,6)37-33(39)30(22-46-37)45(31-23-47-38-34(31)40(3,4)17-19-42(38,7)8)29-21-24(20-28(43)35(29)44)25-13-11-14-27-26-12-9-10-15-32(26)48-36(25)27/h9-15,20-23H,16-19H2,1-8H3. The van der Waals surface area contributed by atoms with Crippen molar-refractivity contribution in [1.82, 2.24) is 0 Å². The molecule has 2 aliphatic carbocycles. The van der Waals surface area contributed by atoms with Gasteiger partial charge in [-0.1, -0.05) is 103 Å². The van der Waals surface area contributed by atoms with Crippen LogP contribution in [0.15, 0.2) is 69.8 Å². The summed E-state index contributed by atoms with van der Waals surface area (Å²) in [5.41, 5.74) is 9.39. The quantitative estimate of drug-likeness (QED) is 0.172. The molecule has 0 fully saturated rings. The van der Waals surface area contributed by atoms with Crippen LogP contribution in [-0.4, -0.2) is 0 Å². The summed E-state index contributed by atoms with van der Waals surface area (Å²) in [6.45, 7) is 19.5. The molecule has 3 heterocycles. The van der Waals surface area contributed by atoms with Crippen LogP contribution in [0, 0.1) is 0 Å². The van der Waals surface area contributed by atoms with Gasteiger partial charge in [0.25, 0.3) is 0 Å². The Bertz CT molecular complexity index is 2170. The Morgan fingerprint density at radius 2 is 1.19 bits per heavy atom. The van der Waals surface area contributed by atoms with Crippen molar-refractivity contribution < 1.29 is 0 Å². The normalized spacial score (nSPS) is 19.0. The summed E-state index contributed by atoms with van der Waals surface area (Å²) in [7, 11) is 0. The van der Waals surface area contributed by atoms with Crippen molar-refractivity contribution in [1.29, 1.82) is 0 Å². The first-order chi connectivity index (χ1) is 22.6. The Morgan fingerprint density at radius 3 is 1.79 bits per heavy atom. The van der Waals surface area contributed by atoms with Gasteiger partial charge in [0.05, 0.1) is 22.1 Å². The topological polar surface area (TPSA) is 3.24 Å². The van der Waals surface area contributed by atoms with Crippen molar-refractivity contribution in [3.8, 4) is 11.1 Å². The van der Waals surface area contributed by atoms with E-state index in [4.69, 9.17) is 11.6 Å². The molecule has 0 bridgehead atoms. The van der Waals surface area contributed by atoms with E-state index in [9.17, 15) is 0 Å². The SMILES string of the molecule is CC1(C)CCC(C)(C)c2c(N(c3cc(-c4cccc5c4sc4ccccc45)cc(Br)c3Cl)c3csc4c3C(C)(C)CCC4(C)C)csc21. The summed E-state index contributed by atoms with van der Waals surface area (Å²) < 4.78 is 3.56. The van der Waals surface area contributed by atoms with E-state index >= 15 is 0 Å². The Labute approximate surface area is 311 Å². The number of anilines is 3. The summed E-state index contributed by atoms with van der Waals surface area (Å²) in [5, 5.41) is 8.26. The van der Waals surface area contributed by atoms with Crippen LogP contribution in [0.1, 0.15) is 102 Å². The molecule has 0 saturated carbocycles. The van der Waals surface area contributed by atoms with Crippen molar-refractivity contribution in [2.24, 2.45) is 0 Å². The lowest BCUT2D eigenvalue weighted by Crippen LogP contribution is -2.35. The van der Waals surface area contributed by atoms with Crippen LogP contribution in [-0.2, 0) is 21.7 Å². The summed E-state index contributed by atoms with van der Waals surface area (Å²) >= 11 is 17.2. The molecule has 48 heavy (non-hydrogen) atoms. The summed E-state index contributed by atoms with van der Waals surface area (Å²) in [4.78, 5) is 5.60. The lowest BCUT2D eigenvalue weighted by Gasteiger charge is -2.43. The van der Waals surface area contributed by atoms with Crippen LogP contribution >= 0.6 is 61.5 Å². The number of hydrogen-bond acceptors (Lipinski definition) is 4. The van der Waals surface area contributed by atoms with E-state index in [0.29, 0.717) is 0 Å². The Hall–Kier alpha value is -2.15. The predicted octanol–water partition coefficient (Wildman–Crippen LogP) is 15.4. The zero-order chi connectivity index (χ0) is 34.0. The minimum atomic E-state index is 0.0489. The lowest BCUT2D eigenvalue weighted by atomic mass is 9.66. The van der Waals surface area contributed by atoms with Gasteiger partial charge < -0.3 is 4.90 Å². The van der Waals surface area contributed by atoms with Gasteiger partial charge in [-0.2, -0.15) is 0 Å². The third kappa shape index (κ3) is 5.00. The maximum Gasteiger partial charge on any atom is 0.0789 e. The average Bonchev–Trinajstić information content (AvgIpc) is 3.78. The number of rotatable bonds is 4. The molecule has 0 amide bonds. The monoisotopic (exact) mass is 771 g/mol. The van der Waals surface area contributed by atoms with Gasteiger partial charge in [-0.15, -0.1) is 34.0 Å². The summed E-state index contributed by atoms with van der Waals surface area (Å²) in [5.74, 6) is 0. The number of hydrogen-bond donors (Lipinski definition) is 0. The fraction of sp³-hybridized carbons (Fsp3) is 0.381. The highest BCUT2D eigenvalue weighted by atomic mass is 79.9. The minimum Gasteiger partial charge on any atom is -0.307 e. The van der Waals surface area contributed by atoms with Crippen molar-refractivity contribution in [3.05, 3.63) is 95.7 Å². The maximum absolute atomic E-state index is 7.51. The molecule has 2 aliphatic rings. The van der Waals surface area contributed by atoms with Crippen LogP contribution in [0.5, 0.6) is 0 Å². The van der Waals surface area contributed by atoms with Crippen molar-refractivity contribution >= 4 is 98.8 Å². The highest BCUT2D eigenvalue weighted by Crippen LogP contribution is 2.60. The Kier molecular flexibility index (Phi) is 7.69. The highest BCUT2D eigenvalue weighted by Gasteiger charge is 2.45. The second-order valence-corrected chi connectivity index (χ2v) is 20.6. The number of thiophene rings is 3. The molecule has 248 valence electrons. The van der Waals surface area contributed by atoms with Crippen LogP contribution < -0.4 is 4.90 Å². The van der Waals surface area contributed by atoms with Gasteiger partial charge in [0.2, 0.25) is 0 Å². The fourth-order valence-electron chi connectivity index (χ4n) is 8.31. The Morgan fingerprint density at radius 1 is 0.646 bits per heavy atom. The van der Waals surface area contributed by atoms with Gasteiger partial charge in [0, 0.05) is 45.2 Å². The molecule has 0 atom stereocenters. The second kappa shape index (κ2) is 11.2. The second-order valence-electron chi connectivity index (χ2n) is 16.6. The van der Waals surface area contributed by atoms with Gasteiger partial charge in [-0.25, -0.2) is 0 Å². The molecular formula is C42H43BrClNS3. The fourth-order valence-corrected chi connectivity index (χ4v) is 12.9. The number of fused-ring (bicyclic) bond motifs is 5. The van der Waals surface area contributed by atoms with Crippen LogP contribution in [0.2, 0.25) is 5.02 Å². The smallest absolute Gasteiger partial charge is 0.0789 e. The van der Waals surface area contributed by atoms with Crippen molar-refractivity contribution in [2.75, 3.05) is 4.90 Å². The van der Waals surface area contributed by atoms with E-state index in [1.54, 1.807) is 0 Å². The highest BCUT2D eigenvalue weighted by molar-refractivity contribution is 9.10. The van der Waals surface area contributed by atoms with Gasteiger partial charge in [-0.3, -0.25) is 0 Å². The maximum atomic E-state index is 7.51. The van der Waals surface area contributed by atoms with Gasteiger partial charge >= 0.3 is 0 Å². The van der Waals surface area contributed by atoms with Gasteiger partial charge in [0.15, 0.2) is 0 Å². The zero-order valence-electron chi connectivity index (χ0n) is 29.1. The number of nitrogens with zero attached hydrogens (tertiary/aromatic N) is 1. The molecule has 6 heteroatoms. The van der Waals surface area contributed by atoms with E-state index in [0.717, 1.165) is 28.0 Å². The molecule has 0 spiro atoms. The first-order valence-corrected chi connectivity index (χ1v) is 20.8. The number of benzene rings is 3. The molecule has 0 N–H and O–H groups in total. The van der Waals surface area contributed by atoms with E-state index < -0.39 is 0 Å². The van der Waals surface area contributed by atoms with Crippen LogP contribution in [0.25, 0.3) is 31.3 Å². The molecule has 1 nitrogen and oxygen atoms in total. The molecule has 0 radical (unpaired) electrons. The molecule has 8 rings (SSSR count). The molecule has 0 unspecified atom stereocenters. The average molecular weight is 773 g/mol. The third-order valence-corrected chi connectivity index (χ3v) is 16.5. The summed E-state index contributed by atoms with van der Waals surface area (Å²) in [6, 6.07) is 20.1. The molecule has 3 aromatic carbocycles. The first kappa shape index (κ1) is 33.0. The summed E-state index contributed by atoms with van der Waals surface area (Å²) in [6.07, 6.45) is 4.72.